The summed E-state index contributed by atoms with van der Waals surface area (Å²) < 4.78 is 0. The van der Waals surface area contributed by atoms with Crippen LogP contribution in [0.4, 0.5) is 17.1 Å². The summed E-state index contributed by atoms with van der Waals surface area (Å²) in [5.74, 6) is -0.557. The number of nitro benzene ring substituents is 1. The van der Waals surface area contributed by atoms with Crippen molar-refractivity contribution in [3.63, 3.8) is 0 Å². The molecular weight excluding hydrogens is 442 g/mol. The third-order valence-corrected chi connectivity index (χ3v) is 5.23. The van der Waals surface area contributed by atoms with Crippen LogP contribution in [0, 0.1) is 16.0 Å². The van der Waals surface area contributed by atoms with Crippen LogP contribution in [0.25, 0.3) is 0 Å². The SMILES string of the molecule is CC(CC1C=CC=CC1)NC(=O)CN(C=O)c1cc([N+](=O)[O-])ccc1N(C)CC(=O)NCC=O. The molecule has 1 aromatic carbocycles. The fourth-order valence-electron chi connectivity index (χ4n) is 3.66. The second-order valence-electron chi connectivity index (χ2n) is 8.00. The molecular formula is C23H29N5O6. The molecule has 2 rings (SSSR count). The van der Waals surface area contributed by atoms with E-state index in [-0.39, 0.29) is 37.1 Å². The molecule has 2 atom stereocenters. The summed E-state index contributed by atoms with van der Waals surface area (Å²) in [6.07, 6.45) is 10.7. The number of benzene rings is 1. The molecule has 0 bridgehead atoms. The van der Waals surface area contributed by atoms with E-state index in [0.29, 0.717) is 24.3 Å². The Bertz CT molecular complexity index is 977. The van der Waals surface area contributed by atoms with Crippen LogP contribution >= 0.6 is 0 Å². The zero-order chi connectivity index (χ0) is 25.1. The lowest BCUT2D eigenvalue weighted by Crippen LogP contribution is -2.42. The summed E-state index contributed by atoms with van der Waals surface area (Å²) in [6.45, 7) is 1.21. The molecule has 182 valence electrons. The van der Waals surface area contributed by atoms with Crippen molar-refractivity contribution in [2.24, 2.45) is 5.92 Å². The molecule has 2 unspecified atom stereocenters. The maximum Gasteiger partial charge on any atom is 0.271 e. The maximum atomic E-state index is 12.6. The zero-order valence-electron chi connectivity index (χ0n) is 19.2. The number of hydrogen-bond donors (Lipinski definition) is 2. The van der Waals surface area contributed by atoms with Crippen LogP contribution < -0.4 is 20.4 Å². The lowest BCUT2D eigenvalue weighted by atomic mass is 9.94. The number of rotatable bonds is 13. The van der Waals surface area contributed by atoms with Crippen molar-refractivity contribution in [1.29, 1.82) is 0 Å². The van der Waals surface area contributed by atoms with Crippen LogP contribution in [0.15, 0.2) is 42.5 Å². The lowest BCUT2D eigenvalue weighted by Gasteiger charge is -2.27. The quantitative estimate of drug-likeness (QED) is 0.251. The van der Waals surface area contributed by atoms with Gasteiger partial charge in [-0.15, -0.1) is 0 Å². The van der Waals surface area contributed by atoms with Gasteiger partial charge >= 0.3 is 0 Å². The fraction of sp³-hybridized carbons (Fsp3) is 0.391. The van der Waals surface area contributed by atoms with Gasteiger partial charge in [0.2, 0.25) is 18.2 Å². The highest BCUT2D eigenvalue weighted by Crippen LogP contribution is 2.32. The molecule has 1 aliphatic carbocycles. The van der Waals surface area contributed by atoms with Crippen molar-refractivity contribution in [1.82, 2.24) is 10.6 Å². The van der Waals surface area contributed by atoms with Crippen LogP contribution in [0.2, 0.25) is 0 Å². The number of aldehydes is 1. The van der Waals surface area contributed by atoms with Crippen molar-refractivity contribution in [2.45, 2.75) is 25.8 Å². The Balaban J connectivity index is 2.16. The van der Waals surface area contributed by atoms with E-state index in [1.54, 1.807) is 7.05 Å². The van der Waals surface area contributed by atoms with Gasteiger partial charge in [0.05, 0.1) is 29.4 Å². The molecule has 0 aliphatic heterocycles. The molecule has 1 aromatic rings. The first-order valence-electron chi connectivity index (χ1n) is 10.8. The highest BCUT2D eigenvalue weighted by Gasteiger charge is 2.22. The fourth-order valence-corrected chi connectivity index (χ4v) is 3.66. The monoisotopic (exact) mass is 471 g/mol. The number of anilines is 2. The van der Waals surface area contributed by atoms with E-state index in [4.69, 9.17) is 0 Å². The molecule has 0 fully saturated rings. The predicted octanol–water partition coefficient (Wildman–Crippen LogP) is 1.34. The van der Waals surface area contributed by atoms with Gasteiger partial charge in [-0.1, -0.05) is 24.3 Å². The highest BCUT2D eigenvalue weighted by molar-refractivity contribution is 5.94. The first kappa shape index (κ1) is 26.2. The Morgan fingerprint density at radius 3 is 2.59 bits per heavy atom. The number of carbonyl (C=O) groups excluding carboxylic acids is 4. The standard InChI is InChI=1S/C23H29N5O6/c1-17(12-18-6-4-3-5-7-18)25-23(32)15-27(16-30)21-13-19(28(33)34)8-9-20(21)26(2)14-22(31)24-10-11-29/h3-6,8-9,11,13,16-18H,7,10,12,14-15H2,1-2H3,(H,24,31)(H,25,32). The van der Waals surface area contributed by atoms with E-state index in [0.717, 1.165) is 17.7 Å². The molecule has 0 radical (unpaired) electrons. The van der Waals surface area contributed by atoms with Crippen LogP contribution in [0.3, 0.4) is 0 Å². The van der Waals surface area contributed by atoms with Gasteiger partial charge in [0.1, 0.15) is 12.8 Å². The molecule has 0 spiro atoms. The summed E-state index contributed by atoms with van der Waals surface area (Å²) in [5.41, 5.74) is 0.173. The topological polar surface area (TPSA) is 142 Å². The average molecular weight is 472 g/mol. The van der Waals surface area contributed by atoms with E-state index in [2.05, 4.69) is 22.8 Å². The van der Waals surface area contributed by atoms with Crippen LogP contribution in [0.5, 0.6) is 0 Å². The third kappa shape index (κ3) is 7.84. The molecule has 34 heavy (non-hydrogen) atoms. The highest BCUT2D eigenvalue weighted by atomic mass is 16.6. The summed E-state index contributed by atoms with van der Waals surface area (Å²) in [4.78, 5) is 60.2. The number of carbonyl (C=O) groups is 4. The van der Waals surface area contributed by atoms with Crippen molar-refractivity contribution in [2.75, 3.05) is 36.5 Å². The minimum atomic E-state index is -0.610. The summed E-state index contributed by atoms with van der Waals surface area (Å²) >= 11 is 0. The first-order chi connectivity index (χ1) is 16.2. The van der Waals surface area contributed by atoms with Crippen LogP contribution in [-0.2, 0) is 19.2 Å². The number of hydrogen-bond acceptors (Lipinski definition) is 7. The minimum Gasteiger partial charge on any atom is -0.364 e. The Morgan fingerprint density at radius 1 is 1.21 bits per heavy atom. The third-order valence-electron chi connectivity index (χ3n) is 5.23. The predicted molar refractivity (Wildman–Crippen MR) is 127 cm³/mol. The minimum absolute atomic E-state index is 0.109. The molecule has 0 aromatic heterocycles. The van der Waals surface area contributed by atoms with Crippen molar-refractivity contribution in [3.05, 3.63) is 52.6 Å². The van der Waals surface area contributed by atoms with Gasteiger partial charge in [0.15, 0.2) is 0 Å². The number of nitrogens with zero attached hydrogens (tertiary/aromatic N) is 3. The van der Waals surface area contributed by atoms with E-state index in [1.807, 2.05) is 19.1 Å². The van der Waals surface area contributed by atoms with Crippen molar-refractivity contribution in [3.8, 4) is 0 Å². The van der Waals surface area contributed by atoms with E-state index in [1.165, 1.54) is 23.1 Å². The molecule has 2 N–H and O–H groups in total. The van der Waals surface area contributed by atoms with Crippen LogP contribution in [-0.4, -0.2) is 62.2 Å². The van der Waals surface area contributed by atoms with Gasteiger partial charge < -0.3 is 25.2 Å². The lowest BCUT2D eigenvalue weighted by molar-refractivity contribution is -0.384. The van der Waals surface area contributed by atoms with E-state index >= 15 is 0 Å². The van der Waals surface area contributed by atoms with Crippen molar-refractivity contribution < 1.29 is 24.1 Å². The normalized spacial score (nSPS) is 15.2. The average Bonchev–Trinajstić information content (AvgIpc) is 2.81. The van der Waals surface area contributed by atoms with E-state index in [9.17, 15) is 29.3 Å². The molecule has 0 saturated carbocycles. The summed E-state index contributed by atoms with van der Waals surface area (Å²) in [5, 5.41) is 16.6. The number of amides is 3. The Labute approximate surface area is 197 Å². The Morgan fingerprint density at radius 2 is 1.97 bits per heavy atom. The second-order valence-corrected chi connectivity index (χ2v) is 8.00. The first-order valence-corrected chi connectivity index (χ1v) is 10.8. The zero-order valence-corrected chi connectivity index (χ0v) is 19.2. The number of non-ortho nitro benzene ring substituents is 1. The summed E-state index contributed by atoms with van der Waals surface area (Å²) in [6, 6.07) is 3.69. The van der Waals surface area contributed by atoms with Gasteiger partial charge in [-0.25, -0.2) is 0 Å². The second kappa shape index (κ2) is 12.9. The smallest absolute Gasteiger partial charge is 0.271 e. The van der Waals surface area contributed by atoms with Gasteiger partial charge in [0.25, 0.3) is 5.69 Å². The Hall–Kier alpha value is -4.02. The number of nitro groups is 1. The van der Waals surface area contributed by atoms with Gasteiger partial charge in [-0.3, -0.25) is 24.5 Å². The molecule has 11 heteroatoms. The van der Waals surface area contributed by atoms with Gasteiger partial charge in [-0.05, 0) is 31.7 Å². The van der Waals surface area contributed by atoms with Gasteiger partial charge in [-0.2, -0.15) is 0 Å². The largest absolute Gasteiger partial charge is 0.364 e. The molecule has 0 saturated heterocycles. The summed E-state index contributed by atoms with van der Waals surface area (Å²) in [7, 11) is 1.56. The number of likely N-dealkylation sites (N-methyl/N-ethyl adjacent to an activating group) is 1. The molecule has 11 nitrogen and oxygen atoms in total. The van der Waals surface area contributed by atoms with Gasteiger partial charge in [0, 0.05) is 25.2 Å². The molecule has 1 aliphatic rings. The molecule has 3 amide bonds. The van der Waals surface area contributed by atoms with Crippen LogP contribution in [0.1, 0.15) is 19.8 Å². The van der Waals surface area contributed by atoms with Crippen molar-refractivity contribution >= 4 is 41.6 Å². The number of allylic oxidation sites excluding steroid dienone is 4. The van der Waals surface area contributed by atoms with E-state index < -0.39 is 16.7 Å². The Kier molecular flexibility index (Phi) is 9.93. The molecule has 0 heterocycles. The number of nitrogens with one attached hydrogen (secondary N) is 2. The maximum absolute atomic E-state index is 12.6.